The molecule has 2 N–H and O–H groups in total. The van der Waals surface area contributed by atoms with Crippen molar-refractivity contribution in [3.05, 3.63) is 59.9 Å². The van der Waals surface area contributed by atoms with Crippen LogP contribution in [-0.4, -0.2) is 33.5 Å². The van der Waals surface area contributed by atoms with Crippen LogP contribution in [0.4, 0.5) is 0 Å². The van der Waals surface area contributed by atoms with Gasteiger partial charge < -0.3 is 9.30 Å². The zero-order valence-corrected chi connectivity index (χ0v) is 14.1. The van der Waals surface area contributed by atoms with Crippen molar-refractivity contribution in [3.8, 4) is 17.1 Å². The van der Waals surface area contributed by atoms with Crippen LogP contribution >= 0.6 is 0 Å². The van der Waals surface area contributed by atoms with Crippen molar-refractivity contribution in [1.29, 1.82) is 0 Å². The number of benzene rings is 1. The second kappa shape index (κ2) is 7.48. The van der Waals surface area contributed by atoms with Crippen molar-refractivity contribution in [2.45, 2.75) is 6.92 Å². The third-order valence-electron chi connectivity index (χ3n) is 3.62. The molecule has 0 radical (unpaired) electrons. The lowest BCUT2D eigenvalue weighted by atomic mass is 10.2. The van der Waals surface area contributed by atoms with Crippen LogP contribution in [0.1, 0.15) is 23.0 Å². The summed E-state index contributed by atoms with van der Waals surface area (Å²) in [6, 6.07) is 13.0. The normalized spacial score (nSPS) is 11.0. The summed E-state index contributed by atoms with van der Waals surface area (Å²) < 4.78 is 7.44. The average molecular weight is 337 g/mol. The van der Waals surface area contributed by atoms with Gasteiger partial charge in [0.15, 0.2) is 0 Å². The van der Waals surface area contributed by atoms with Crippen molar-refractivity contribution in [2.24, 2.45) is 12.1 Å². The van der Waals surface area contributed by atoms with E-state index in [1.54, 1.807) is 12.3 Å². The number of H-pyrrole nitrogens is 1. The van der Waals surface area contributed by atoms with Crippen molar-refractivity contribution in [2.75, 3.05) is 6.61 Å². The van der Waals surface area contributed by atoms with Gasteiger partial charge in [0.1, 0.15) is 17.1 Å². The van der Waals surface area contributed by atoms with Gasteiger partial charge in [0.25, 0.3) is 5.91 Å². The lowest BCUT2D eigenvalue weighted by Gasteiger charge is -2.05. The monoisotopic (exact) mass is 337 g/mol. The van der Waals surface area contributed by atoms with E-state index in [1.807, 2.05) is 61.1 Å². The molecule has 25 heavy (non-hydrogen) atoms. The molecule has 1 aromatic carbocycles. The fourth-order valence-electron chi connectivity index (χ4n) is 2.39. The number of aryl methyl sites for hydroxylation is 1. The van der Waals surface area contributed by atoms with E-state index < -0.39 is 0 Å². The maximum atomic E-state index is 12.2. The van der Waals surface area contributed by atoms with E-state index in [0.717, 1.165) is 17.0 Å². The number of hydrazone groups is 1. The minimum atomic E-state index is -0.363. The van der Waals surface area contributed by atoms with Crippen LogP contribution in [0.25, 0.3) is 11.4 Å². The van der Waals surface area contributed by atoms with Crippen LogP contribution in [0.15, 0.2) is 53.8 Å². The molecule has 0 spiro atoms. The van der Waals surface area contributed by atoms with Gasteiger partial charge in [0.05, 0.1) is 18.5 Å². The molecular weight excluding hydrogens is 318 g/mol. The second-order valence-electron chi connectivity index (χ2n) is 5.34. The summed E-state index contributed by atoms with van der Waals surface area (Å²) in [6.45, 7) is 2.48. The Balaban J connectivity index is 1.67. The fraction of sp³-hybridized carbons (Fsp3) is 0.167. The van der Waals surface area contributed by atoms with E-state index >= 15 is 0 Å². The van der Waals surface area contributed by atoms with Crippen molar-refractivity contribution in [3.63, 3.8) is 0 Å². The molecule has 0 fully saturated rings. The van der Waals surface area contributed by atoms with Gasteiger partial charge in [-0.05, 0) is 37.3 Å². The van der Waals surface area contributed by atoms with E-state index in [2.05, 4.69) is 20.7 Å². The number of aromatic amines is 1. The Morgan fingerprint density at radius 3 is 2.96 bits per heavy atom. The molecule has 0 saturated heterocycles. The Kier molecular flexibility index (Phi) is 4.94. The smallest absolute Gasteiger partial charge is 0.289 e. The molecule has 3 aromatic rings. The zero-order chi connectivity index (χ0) is 17.6. The summed E-state index contributed by atoms with van der Waals surface area (Å²) in [5.74, 6) is 0.355. The molecule has 0 unspecified atom stereocenters. The highest BCUT2D eigenvalue weighted by molar-refractivity contribution is 5.94. The molecule has 7 heteroatoms. The van der Waals surface area contributed by atoms with Gasteiger partial charge in [-0.3, -0.25) is 9.89 Å². The van der Waals surface area contributed by atoms with E-state index in [1.165, 1.54) is 0 Å². The average Bonchev–Trinajstić information content (AvgIpc) is 3.25. The summed E-state index contributed by atoms with van der Waals surface area (Å²) in [4.78, 5) is 12.2. The van der Waals surface area contributed by atoms with E-state index in [4.69, 9.17) is 4.74 Å². The minimum Gasteiger partial charge on any atom is -0.493 e. The number of ether oxygens (including phenoxy) is 1. The Morgan fingerprint density at radius 1 is 1.36 bits per heavy atom. The first-order valence-corrected chi connectivity index (χ1v) is 7.91. The van der Waals surface area contributed by atoms with Gasteiger partial charge >= 0.3 is 0 Å². The maximum Gasteiger partial charge on any atom is 0.289 e. The Morgan fingerprint density at radius 2 is 2.20 bits per heavy atom. The number of aromatic nitrogens is 3. The SMILES string of the molecule is CCOc1ccccc1/C=N/NC(=O)c1cc(-c2cccn2C)n[nH]1. The Bertz CT molecular complexity index is 894. The first-order chi connectivity index (χ1) is 12.2. The zero-order valence-electron chi connectivity index (χ0n) is 14.1. The minimum absolute atomic E-state index is 0.339. The second-order valence-corrected chi connectivity index (χ2v) is 5.34. The van der Waals surface area contributed by atoms with E-state index in [9.17, 15) is 4.79 Å². The summed E-state index contributed by atoms with van der Waals surface area (Å²) in [7, 11) is 1.92. The quantitative estimate of drug-likeness (QED) is 0.535. The maximum absolute atomic E-state index is 12.2. The third kappa shape index (κ3) is 3.77. The lowest BCUT2D eigenvalue weighted by molar-refractivity contribution is 0.0950. The fourth-order valence-corrected chi connectivity index (χ4v) is 2.39. The van der Waals surface area contributed by atoms with Crippen molar-refractivity contribution >= 4 is 12.1 Å². The van der Waals surface area contributed by atoms with Gasteiger partial charge in [-0.15, -0.1) is 0 Å². The number of carbonyl (C=O) groups excluding carboxylic acids is 1. The number of carbonyl (C=O) groups is 1. The summed E-state index contributed by atoms with van der Waals surface area (Å²) in [5, 5.41) is 10.9. The number of amides is 1. The highest BCUT2D eigenvalue weighted by Crippen LogP contribution is 2.17. The third-order valence-corrected chi connectivity index (χ3v) is 3.62. The molecule has 0 saturated carbocycles. The molecule has 0 aliphatic carbocycles. The Labute approximate surface area is 145 Å². The first kappa shape index (κ1) is 16.5. The molecule has 1 amide bonds. The molecule has 3 rings (SSSR count). The molecule has 0 bridgehead atoms. The van der Waals surface area contributed by atoms with Crippen molar-refractivity contribution < 1.29 is 9.53 Å². The Hall–Kier alpha value is -3.35. The standard InChI is InChI=1S/C18H19N5O2/c1-3-25-17-9-5-4-7-13(17)12-19-22-18(24)15-11-14(20-21-15)16-8-6-10-23(16)2/h4-12H,3H2,1-2H3,(H,20,21)(H,22,24)/b19-12+. The molecule has 7 nitrogen and oxygen atoms in total. The van der Waals surface area contributed by atoms with Crippen LogP contribution < -0.4 is 10.2 Å². The van der Waals surface area contributed by atoms with Gasteiger partial charge in [-0.25, -0.2) is 5.43 Å². The van der Waals surface area contributed by atoms with Gasteiger partial charge in [0.2, 0.25) is 0 Å². The number of nitrogens with zero attached hydrogens (tertiary/aromatic N) is 3. The largest absolute Gasteiger partial charge is 0.493 e. The predicted molar refractivity (Wildman–Crippen MR) is 95.7 cm³/mol. The van der Waals surface area contributed by atoms with Gasteiger partial charge in [-0.2, -0.15) is 10.2 Å². The summed E-state index contributed by atoms with van der Waals surface area (Å²) in [6.07, 6.45) is 3.47. The number of hydrogen-bond acceptors (Lipinski definition) is 4. The number of nitrogens with one attached hydrogen (secondary N) is 2. The van der Waals surface area contributed by atoms with Crippen LogP contribution in [0.5, 0.6) is 5.75 Å². The van der Waals surface area contributed by atoms with Gasteiger partial charge in [0, 0.05) is 18.8 Å². The lowest BCUT2D eigenvalue weighted by Crippen LogP contribution is -2.18. The van der Waals surface area contributed by atoms with Gasteiger partial charge in [-0.1, -0.05) is 12.1 Å². The van der Waals surface area contributed by atoms with Crippen LogP contribution in [0.2, 0.25) is 0 Å². The van der Waals surface area contributed by atoms with E-state index in [-0.39, 0.29) is 5.91 Å². The van der Waals surface area contributed by atoms with Crippen LogP contribution in [-0.2, 0) is 7.05 Å². The first-order valence-electron chi connectivity index (χ1n) is 7.91. The highest BCUT2D eigenvalue weighted by Gasteiger charge is 2.11. The number of rotatable bonds is 6. The molecular formula is C18H19N5O2. The molecule has 128 valence electrons. The number of para-hydroxylation sites is 1. The summed E-state index contributed by atoms with van der Waals surface area (Å²) in [5.41, 5.74) is 5.24. The van der Waals surface area contributed by atoms with Crippen LogP contribution in [0, 0.1) is 0 Å². The predicted octanol–water partition coefficient (Wildman–Crippen LogP) is 2.58. The molecule has 2 aromatic heterocycles. The molecule has 0 atom stereocenters. The van der Waals surface area contributed by atoms with E-state index in [0.29, 0.717) is 18.0 Å². The molecule has 0 aliphatic heterocycles. The highest BCUT2D eigenvalue weighted by atomic mass is 16.5. The van der Waals surface area contributed by atoms with Crippen molar-refractivity contribution in [1.82, 2.24) is 20.2 Å². The van der Waals surface area contributed by atoms with Crippen LogP contribution in [0.3, 0.4) is 0 Å². The molecule has 0 aliphatic rings. The number of hydrogen-bond donors (Lipinski definition) is 2. The summed E-state index contributed by atoms with van der Waals surface area (Å²) >= 11 is 0. The molecule has 2 heterocycles. The topological polar surface area (TPSA) is 84.3 Å².